The van der Waals surface area contributed by atoms with Crippen molar-refractivity contribution in [2.45, 2.75) is 17.3 Å². The van der Waals surface area contributed by atoms with Crippen molar-refractivity contribution in [1.29, 1.82) is 0 Å². The minimum Gasteiger partial charge on any atom is -0.456 e. The minimum absolute atomic E-state index is 0.0563. The smallest absolute Gasteiger partial charge is 0.341 e. The Hall–Kier alpha value is -2.65. The number of carbonyl (C=O) groups excluding carboxylic acids is 1. The molecule has 5 nitrogen and oxygen atoms in total. The van der Waals surface area contributed by atoms with Crippen LogP contribution in [0.3, 0.4) is 0 Å². The van der Waals surface area contributed by atoms with Gasteiger partial charge in [-0.25, -0.2) is 18.2 Å². The third-order valence-corrected chi connectivity index (χ3v) is 5.92. The van der Waals surface area contributed by atoms with E-state index < -0.39 is 26.5 Å². The van der Waals surface area contributed by atoms with Crippen LogP contribution in [0.1, 0.15) is 16.1 Å². The quantitative estimate of drug-likeness (QED) is 0.572. The number of nitrogens with zero attached hydrogens (tertiary/aromatic N) is 1. The lowest BCUT2D eigenvalue weighted by Crippen LogP contribution is -2.12. The maximum atomic E-state index is 12.5. The van der Waals surface area contributed by atoms with Crippen molar-refractivity contribution in [3.8, 4) is 10.6 Å². The number of hydrogen-bond acceptors (Lipinski definition) is 6. The molecule has 9 heteroatoms. The molecule has 0 spiro atoms. The maximum Gasteiger partial charge on any atom is 0.341 e. The van der Waals surface area contributed by atoms with Gasteiger partial charge in [0.05, 0.1) is 16.2 Å². The zero-order chi connectivity index (χ0) is 19.4. The van der Waals surface area contributed by atoms with Gasteiger partial charge in [-0.3, -0.25) is 0 Å². The van der Waals surface area contributed by atoms with E-state index in [2.05, 4.69) is 4.98 Å². The van der Waals surface area contributed by atoms with Crippen molar-refractivity contribution in [2.75, 3.05) is 0 Å². The van der Waals surface area contributed by atoms with E-state index in [1.807, 2.05) is 30.3 Å². The molecule has 3 rings (SSSR count). The second-order valence-corrected chi connectivity index (χ2v) is 8.19. The molecule has 0 unspecified atom stereocenters. The molecule has 140 valence electrons. The number of carbonyl (C=O) groups is 1. The summed E-state index contributed by atoms with van der Waals surface area (Å²) < 4.78 is 52.9. The normalized spacial score (nSPS) is 11.5. The summed E-state index contributed by atoms with van der Waals surface area (Å²) in [6.07, 6.45) is 0. The molecule has 2 aromatic carbocycles. The summed E-state index contributed by atoms with van der Waals surface area (Å²) in [5, 5.41) is 2.57. The van der Waals surface area contributed by atoms with Gasteiger partial charge in [-0.2, -0.15) is 8.78 Å². The largest absolute Gasteiger partial charge is 0.456 e. The predicted molar refractivity (Wildman–Crippen MR) is 96.3 cm³/mol. The van der Waals surface area contributed by atoms with E-state index in [0.717, 1.165) is 34.8 Å². The number of halogens is 2. The van der Waals surface area contributed by atoms with Crippen molar-refractivity contribution in [3.05, 3.63) is 71.2 Å². The number of benzene rings is 2. The number of alkyl halides is 2. The highest BCUT2D eigenvalue weighted by atomic mass is 32.2. The summed E-state index contributed by atoms with van der Waals surface area (Å²) in [5.74, 6) is -4.22. The molecule has 1 heterocycles. The molecule has 1 aromatic heterocycles. The van der Waals surface area contributed by atoms with Crippen LogP contribution in [-0.4, -0.2) is 25.1 Å². The zero-order valence-corrected chi connectivity index (χ0v) is 15.3. The fourth-order valence-corrected chi connectivity index (χ4v) is 3.72. The average Bonchev–Trinajstić information content (AvgIpc) is 3.16. The molecule has 0 saturated carbocycles. The Bertz CT molecular complexity index is 1030. The lowest BCUT2D eigenvalue weighted by Gasteiger charge is -2.05. The molecular weight excluding hydrogens is 396 g/mol. The van der Waals surface area contributed by atoms with Gasteiger partial charge in [0.15, 0.2) is 0 Å². The van der Waals surface area contributed by atoms with Crippen LogP contribution in [0.25, 0.3) is 10.6 Å². The molecule has 0 bridgehead atoms. The molecule has 0 N–H and O–H groups in total. The van der Waals surface area contributed by atoms with Gasteiger partial charge in [-0.1, -0.05) is 30.3 Å². The highest BCUT2D eigenvalue weighted by molar-refractivity contribution is 7.91. The first-order valence-corrected chi connectivity index (χ1v) is 10.1. The van der Waals surface area contributed by atoms with Crippen LogP contribution in [0.5, 0.6) is 0 Å². The Morgan fingerprint density at radius 2 is 1.74 bits per heavy atom. The van der Waals surface area contributed by atoms with Crippen LogP contribution < -0.4 is 0 Å². The van der Waals surface area contributed by atoms with E-state index in [4.69, 9.17) is 4.74 Å². The van der Waals surface area contributed by atoms with Crippen LogP contribution in [0.4, 0.5) is 8.78 Å². The molecule has 0 amide bonds. The highest BCUT2D eigenvalue weighted by Gasteiger charge is 2.26. The zero-order valence-electron chi connectivity index (χ0n) is 13.7. The summed E-state index contributed by atoms with van der Waals surface area (Å²) in [6.45, 7) is -0.0563. The number of thiazole rings is 1. The second kappa shape index (κ2) is 7.93. The summed E-state index contributed by atoms with van der Waals surface area (Å²) in [6, 6.07) is 13.7. The summed E-state index contributed by atoms with van der Waals surface area (Å²) >= 11 is 1.42. The van der Waals surface area contributed by atoms with Gasteiger partial charge in [0, 0.05) is 10.9 Å². The first-order chi connectivity index (χ1) is 12.9. The topological polar surface area (TPSA) is 73.3 Å². The van der Waals surface area contributed by atoms with Gasteiger partial charge in [0.2, 0.25) is 9.84 Å². The Balaban J connectivity index is 1.64. The van der Waals surface area contributed by atoms with Gasteiger partial charge >= 0.3 is 11.7 Å². The number of ether oxygens (including phenoxy) is 1. The van der Waals surface area contributed by atoms with Crippen molar-refractivity contribution >= 4 is 27.1 Å². The average molecular weight is 409 g/mol. The van der Waals surface area contributed by atoms with Crippen molar-refractivity contribution in [3.63, 3.8) is 0 Å². The lowest BCUT2D eigenvalue weighted by atomic mass is 10.2. The standard InChI is InChI=1S/C18H13F2NO4S2/c19-18(20)27(23,24)15-8-6-13(7-9-15)17(22)25-10-14-11-26-16(21-14)12-4-2-1-3-5-12/h1-9,11,18H,10H2. The van der Waals surface area contributed by atoms with Gasteiger partial charge in [-0.15, -0.1) is 11.3 Å². The fourth-order valence-electron chi connectivity index (χ4n) is 2.19. The number of sulfone groups is 1. The van der Waals surface area contributed by atoms with E-state index in [0.29, 0.717) is 5.69 Å². The Kier molecular flexibility index (Phi) is 5.62. The minimum atomic E-state index is -4.69. The molecule has 0 atom stereocenters. The second-order valence-electron chi connectivity index (χ2n) is 5.42. The van der Waals surface area contributed by atoms with Gasteiger partial charge < -0.3 is 4.74 Å². The predicted octanol–water partition coefficient (Wildman–Crippen LogP) is 4.16. The molecule has 0 aliphatic heterocycles. The number of hydrogen-bond donors (Lipinski definition) is 0. The molecule has 27 heavy (non-hydrogen) atoms. The molecule has 0 aliphatic rings. The first-order valence-electron chi connectivity index (χ1n) is 7.67. The van der Waals surface area contributed by atoms with Crippen molar-refractivity contribution < 1.29 is 26.7 Å². The Labute approximate surface area is 158 Å². The van der Waals surface area contributed by atoms with Crippen LogP contribution in [0, 0.1) is 0 Å². The first kappa shape index (κ1) is 19.1. The van der Waals surface area contributed by atoms with Crippen LogP contribution >= 0.6 is 11.3 Å². The lowest BCUT2D eigenvalue weighted by molar-refractivity contribution is 0.0468. The fraction of sp³-hybridized carbons (Fsp3) is 0.111. The van der Waals surface area contributed by atoms with E-state index in [1.165, 1.54) is 11.3 Å². The summed E-state index contributed by atoms with van der Waals surface area (Å²) in [7, 11) is -4.69. The molecular formula is C18H13F2NO4S2. The number of aromatic nitrogens is 1. The van der Waals surface area contributed by atoms with E-state index in [9.17, 15) is 22.0 Å². The van der Waals surface area contributed by atoms with E-state index >= 15 is 0 Å². The van der Waals surface area contributed by atoms with E-state index in [-0.39, 0.29) is 12.2 Å². The third kappa shape index (κ3) is 4.37. The summed E-state index contributed by atoms with van der Waals surface area (Å²) in [4.78, 5) is 15.9. The van der Waals surface area contributed by atoms with Gasteiger partial charge in [-0.05, 0) is 24.3 Å². The Morgan fingerprint density at radius 1 is 1.07 bits per heavy atom. The molecule has 0 fully saturated rings. The highest BCUT2D eigenvalue weighted by Crippen LogP contribution is 2.24. The van der Waals surface area contributed by atoms with Crippen LogP contribution in [0.15, 0.2) is 64.9 Å². The SMILES string of the molecule is O=C(OCc1csc(-c2ccccc2)n1)c1ccc(S(=O)(=O)C(F)F)cc1. The third-order valence-electron chi connectivity index (χ3n) is 3.58. The number of esters is 1. The molecule has 0 saturated heterocycles. The summed E-state index contributed by atoms with van der Waals surface area (Å²) in [5.41, 5.74) is 1.58. The van der Waals surface area contributed by atoms with Crippen molar-refractivity contribution in [2.24, 2.45) is 0 Å². The van der Waals surface area contributed by atoms with Gasteiger partial charge in [0.1, 0.15) is 11.6 Å². The van der Waals surface area contributed by atoms with Crippen LogP contribution in [0.2, 0.25) is 0 Å². The monoisotopic (exact) mass is 409 g/mol. The molecule has 3 aromatic rings. The van der Waals surface area contributed by atoms with Gasteiger partial charge in [0.25, 0.3) is 0 Å². The maximum absolute atomic E-state index is 12.5. The number of rotatable bonds is 6. The van der Waals surface area contributed by atoms with E-state index in [1.54, 1.807) is 5.38 Å². The molecule has 0 radical (unpaired) electrons. The van der Waals surface area contributed by atoms with Crippen LogP contribution in [-0.2, 0) is 21.2 Å². The molecule has 0 aliphatic carbocycles. The van der Waals surface area contributed by atoms with Crippen molar-refractivity contribution in [1.82, 2.24) is 4.98 Å². The Morgan fingerprint density at radius 3 is 2.37 bits per heavy atom.